The fourth-order valence-corrected chi connectivity index (χ4v) is 3.14. The van der Waals surface area contributed by atoms with Crippen molar-refractivity contribution in [3.63, 3.8) is 0 Å². The van der Waals surface area contributed by atoms with Crippen LogP contribution in [0.5, 0.6) is 0 Å². The predicted molar refractivity (Wildman–Crippen MR) is 87.5 cm³/mol. The Morgan fingerprint density at radius 2 is 1.81 bits per heavy atom. The molecule has 0 saturated carbocycles. The third kappa shape index (κ3) is 6.31. The minimum atomic E-state index is -1.70. The number of nitrogens with zero attached hydrogens (tertiary/aromatic N) is 1. The Morgan fingerprint density at radius 1 is 1.19 bits per heavy atom. The first-order valence-corrected chi connectivity index (χ1v) is 10.9. The highest BCUT2D eigenvalue weighted by molar-refractivity contribution is 6.69. The van der Waals surface area contributed by atoms with Crippen LogP contribution in [0, 0.1) is 0 Å². The van der Waals surface area contributed by atoms with Crippen LogP contribution in [0.2, 0.25) is 19.6 Å². The molecular formula is C16H27NO3Si. The smallest absolute Gasteiger partial charge is 0.412 e. The summed E-state index contributed by atoms with van der Waals surface area (Å²) in [5, 5.41) is 0. The van der Waals surface area contributed by atoms with E-state index in [0.29, 0.717) is 13.2 Å². The summed E-state index contributed by atoms with van der Waals surface area (Å²) in [7, 11) is -1.70. The van der Waals surface area contributed by atoms with Gasteiger partial charge in [0, 0.05) is 6.54 Å². The van der Waals surface area contributed by atoms with Gasteiger partial charge in [-0.3, -0.25) is 4.90 Å². The third-order valence-corrected chi connectivity index (χ3v) is 3.95. The average molecular weight is 309 g/mol. The van der Waals surface area contributed by atoms with Gasteiger partial charge in [0.2, 0.25) is 0 Å². The topological polar surface area (TPSA) is 38.8 Å². The van der Waals surface area contributed by atoms with Gasteiger partial charge in [-0.1, -0.05) is 37.3 Å². The van der Waals surface area contributed by atoms with Gasteiger partial charge in [0.1, 0.15) is 12.8 Å². The number of hydrogen-bond acceptors (Lipinski definition) is 3. The molecular weight excluding hydrogens is 282 g/mol. The molecule has 5 heteroatoms. The van der Waals surface area contributed by atoms with Crippen molar-refractivity contribution in [3.8, 4) is 0 Å². The van der Waals surface area contributed by atoms with Crippen LogP contribution < -0.4 is 0 Å². The fourth-order valence-electron chi connectivity index (χ4n) is 2.03. The van der Waals surface area contributed by atoms with E-state index >= 15 is 0 Å². The number of carbonyl (C=O) groups excluding carboxylic acids is 1. The standard InChI is InChI=1S/C16H27NO3Si/c1-6-15(20-21(3,4)5)17(7-2)16(18)19-13-14-11-9-8-10-12-14/h8-12,15H,6-7,13H2,1-5H3. The van der Waals surface area contributed by atoms with Crippen LogP contribution in [0.3, 0.4) is 0 Å². The first-order valence-electron chi connectivity index (χ1n) is 7.52. The largest absolute Gasteiger partial charge is 0.444 e. The zero-order valence-electron chi connectivity index (χ0n) is 13.8. The molecule has 1 aromatic carbocycles. The Balaban J connectivity index is 2.63. The molecule has 1 unspecified atom stereocenters. The Bertz CT molecular complexity index is 431. The van der Waals surface area contributed by atoms with E-state index in [0.717, 1.165) is 12.0 Å². The predicted octanol–water partition coefficient (Wildman–Crippen LogP) is 4.23. The lowest BCUT2D eigenvalue weighted by Gasteiger charge is -2.34. The summed E-state index contributed by atoms with van der Waals surface area (Å²) >= 11 is 0. The lowest BCUT2D eigenvalue weighted by molar-refractivity contribution is 0.00875. The minimum absolute atomic E-state index is 0.204. The molecule has 0 aromatic heterocycles. The molecule has 0 N–H and O–H groups in total. The highest BCUT2D eigenvalue weighted by Gasteiger charge is 2.28. The van der Waals surface area contributed by atoms with Crippen LogP contribution in [0.15, 0.2) is 30.3 Å². The van der Waals surface area contributed by atoms with Gasteiger partial charge in [-0.05, 0) is 38.5 Å². The van der Waals surface area contributed by atoms with Crippen molar-refractivity contribution in [2.75, 3.05) is 6.54 Å². The molecule has 118 valence electrons. The van der Waals surface area contributed by atoms with E-state index in [-0.39, 0.29) is 12.3 Å². The molecule has 0 spiro atoms. The third-order valence-electron chi connectivity index (χ3n) is 2.97. The quantitative estimate of drug-likeness (QED) is 0.559. The van der Waals surface area contributed by atoms with E-state index < -0.39 is 8.32 Å². The number of rotatable bonds is 7. The van der Waals surface area contributed by atoms with Crippen LogP contribution >= 0.6 is 0 Å². The van der Waals surface area contributed by atoms with Crippen molar-refractivity contribution in [3.05, 3.63) is 35.9 Å². The van der Waals surface area contributed by atoms with Crippen LogP contribution in [0.4, 0.5) is 4.79 Å². The summed E-state index contributed by atoms with van der Waals surface area (Å²) in [6, 6.07) is 9.70. The molecule has 1 aromatic rings. The lowest BCUT2D eigenvalue weighted by atomic mass is 10.2. The van der Waals surface area contributed by atoms with Crippen molar-refractivity contribution < 1.29 is 14.0 Å². The Morgan fingerprint density at radius 3 is 2.29 bits per heavy atom. The molecule has 0 aliphatic carbocycles. The second kappa shape index (κ2) is 8.19. The molecule has 0 saturated heterocycles. The summed E-state index contributed by atoms with van der Waals surface area (Å²) < 4.78 is 11.5. The van der Waals surface area contributed by atoms with E-state index in [1.807, 2.05) is 44.2 Å². The second-order valence-electron chi connectivity index (χ2n) is 5.92. The number of carbonyl (C=O) groups is 1. The normalized spacial score (nSPS) is 12.8. The second-order valence-corrected chi connectivity index (χ2v) is 10.4. The van der Waals surface area contributed by atoms with Crippen LogP contribution in [-0.4, -0.2) is 32.1 Å². The van der Waals surface area contributed by atoms with E-state index in [9.17, 15) is 4.79 Å². The van der Waals surface area contributed by atoms with Gasteiger partial charge in [-0.2, -0.15) is 0 Å². The maximum atomic E-state index is 12.3. The Hall–Kier alpha value is -1.33. The summed E-state index contributed by atoms with van der Waals surface area (Å²) in [5.74, 6) is 0. The molecule has 0 fully saturated rings. The summed E-state index contributed by atoms with van der Waals surface area (Å²) in [6.45, 7) is 11.2. The van der Waals surface area contributed by atoms with Gasteiger partial charge in [0.25, 0.3) is 0 Å². The molecule has 1 atom stereocenters. The first kappa shape index (κ1) is 17.7. The van der Waals surface area contributed by atoms with Crippen molar-refractivity contribution in [2.45, 2.75) is 52.7 Å². The highest BCUT2D eigenvalue weighted by atomic mass is 28.4. The van der Waals surface area contributed by atoms with E-state index in [1.54, 1.807) is 4.90 Å². The zero-order chi connectivity index (χ0) is 15.9. The van der Waals surface area contributed by atoms with Crippen molar-refractivity contribution in [2.24, 2.45) is 0 Å². The first-order chi connectivity index (χ1) is 9.87. The fraction of sp³-hybridized carbons (Fsp3) is 0.562. The minimum Gasteiger partial charge on any atom is -0.444 e. The van der Waals surface area contributed by atoms with Gasteiger partial charge in [0.05, 0.1) is 0 Å². The van der Waals surface area contributed by atoms with Gasteiger partial charge >= 0.3 is 6.09 Å². The monoisotopic (exact) mass is 309 g/mol. The SMILES string of the molecule is CCC(O[Si](C)(C)C)N(CC)C(=O)OCc1ccccc1. The number of benzene rings is 1. The average Bonchev–Trinajstić information content (AvgIpc) is 2.44. The molecule has 4 nitrogen and oxygen atoms in total. The van der Waals surface area contributed by atoms with Crippen molar-refractivity contribution in [1.82, 2.24) is 4.90 Å². The molecule has 0 heterocycles. The number of ether oxygens (including phenoxy) is 1. The number of amides is 1. The molecule has 1 amide bonds. The summed E-state index contributed by atoms with van der Waals surface area (Å²) in [5.41, 5.74) is 0.987. The number of hydrogen-bond donors (Lipinski definition) is 0. The Labute approximate surface area is 129 Å². The van der Waals surface area contributed by atoms with E-state index in [2.05, 4.69) is 19.6 Å². The summed E-state index contributed by atoms with van der Waals surface area (Å²) in [6.07, 6.45) is 0.245. The molecule has 0 radical (unpaired) electrons. The van der Waals surface area contributed by atoms with Crippen molar-refractivity contribution >= 4 is 14.4 Å². The van der Waals surface area contributed by atoms with E-state index in [4.69, 9.17) is 9.16 Å². The van der Waals surface area contributed by atoms with Crippen LogP contribution in [0.1, 0.15) is 25.8 Å². The van der Waals surface area contributed by atoms with Crippen molar-refractivity contribution in [1.29, 1.82) is 0 Å². The lowest BCUT2D eigenvalue weighted by Crippen LogP contribution is -2.46. The summed E-state index contributed by atoms with van der Waals surface area (Å²) in [4.78, 5) is 13.9. The highest BCUT2D eigenvalue weighted by Crippen LogP contribution is 2.15. The van der Waals surface area contributed by atoms with Gasteiger partial charge in [0.15, 0.2) is 8.32 Å². The Kier molecular flexibility index (Phi) is 6.91. The van der Waals surface area contributed by atoms with E-state index in [1.165, 1.54) is 0 Å². The maximum Gasteiger partial charge on any atom is 0.412 e. The molecule has 0 aliphatic heterocycles. The van der Waals surface area contributed by atoms with Gasteiger partial charge in [-0.15, -0.1) is 0 Å². The molecule has 0 bridgehead atoms. The van der Waals surface area contributed by atoms with Gasteiger partial charge < -0.3 is 9.16 Å². The molecule has 1 rings (SSSR count). The maximum absolute atomic E-state index is 12.3. The molecule has 0 aliphatic rings. The van der Waals surface area contributed by atoms with Crippen LogP contribution in [-0.2, 0) is 15.8 Å². The zero-order valence-corrected chi connectivity index (χ0v) is 14.8. The van der Waals surface area contributed by atoms with Gasteiger partial charge in [-0.25, -0.2) is 4.79 Å². The molecule has 21 heavy (non-hydrogen) atoms. The van der Waals surface area contributed by atoms with Crippen LogP contribution in [0.25, 0.3) is 0 Å².